The molecule has 0 radical (unpaired) electrons. The highest BCUT2D eigenvalue weighted by atomic mass is 35.5. The summed E-state index contributed by atoms with van der Waals surface area (Å²) in [6.07, 6.45) is 1.41. The second kappa shape index (κ2) is 8.19. The van der Waals surface area contributed by atoms with Crippen LogP contribution in [0.2, 0.25) is 5.02 Å². The Morgan fingerprint density at radius 3 is 2.76 bits per heavy atom. The van der Waals surface area contributed by atoms with Crippen LogP contribution in [0.1, 0.15) is 21.7 Å². The number of nitrogens with zero attached hydrogens (tertiary/aromatic N) is 3. The molecule has 1 N–H and O–H groups in total. The van der Waals surface area contributed by atoms with Crippen molar-refractivity contribution in [1.82, 2.24) is 5.01 Å². The first-order valence-corrected chi connectivity index (χ1v) is 10.8. The third kappa shape index (κ3) is 3.88. The van der Waals surface area contributed by atoms with E-state index in [2.05, 4.69) is 10.1 Å². The molecule has 0 aliphatic carbocycles. The molecule has 33 heavy (non-hydrogen) atoms. The molecule has 0 fully saturated rings. The molecule has 1 amide bonds. The molecule has 3 aromatic rings. The summed E-state index contributed by atoms with van der Waals surface area (Å²) in [6.45, 7) is 0. The minimum atomic E-state index is -1.29. The van der Waals surface area contributed by atoms with Gasteiger partial charge < -0.3 is 14.3 Å². The molecule has 0 unspecified atom stereocenters. The van der Waals surface area contributed by atoms with Gasteiger partial charge in [-0.1, -0.05) is 48.0 Å². The van der Waals surface area contributed by atoms with Crippen molar-refractivity contribution >= 4 is 57.4 Å². The lowest BCUT2D eigenvalue weighted by Crippen LogP contribution is -2.35. The summed E-state index contributed by atoms with van der Waals surface area (Å²) in [5, 5.41) is 26.6. The predicted octanol–water partition coefficient (Wildman–Crippen LogP) is 3.63. The van der Waals surface area contributed by atoms with E-state index in [0.717, 1.165) is 11.8 Å². The number of nitrogens with one attached hydrogen (secondary N) is 1. The zero-order valence-electron chi connectivity index (χ0n) is 16.6. The first-order chi connectivity index (χ1) is 15.9. The van der Waals surface area contributed by atoms with Crippen molar-refractivity contribution in [3.8, 4) is 11.3 Å². The lowest BCUT2D eigenvalue weighted by Gasteiger charge is -2.19. The second-order valence-corrected chi connectivity index (χ2v) is 8.34. The summed E-state index contributed by atoms with van der Waals surface area (Å²) < 4.78 is 5.76. The van der Waals surface area contributed by atoms with Crippen LogP contribution in [-0.4, -0.2) is 32.9 Å². The minimum absolute atomic E-state index is 0.00731. The van der Waals surface area contributed by atoms with Crippen LogP contribution in [0.15, 0.2) is 80.7 Å². The molecule has 162 valence electrons. The maximum atomic E-state index is 12.6. The average molecular weight is 476 g/mol. The Morgan fingerprint density at radius 2 is 1.97 bits per heavy atom. The van der Waals surface area contributed by atoms with E-state index in [9.17, 15) is 14.7 Å². The molecule has 0 saturated heterocycles. The van der Waals surface area contributed by atoms with Crippen LogP contribution in [0.3, 0.4) is 0 Å². The Kier molecular flexibility index (Phi) is 5.20. The first-order valence-electron chi connectivity index (χ1n) is 9.57. The number of fused-ring (bicyclic) bond motifs is 1. The summed E-state index contributed by atoms with van der Waals surface area (Å²) in [6, 6.07) is 16.5. The molecule has 0 spiro atoms. The molecule has 8 nitrogen and oxygen atoms in total. The van der Waals surface area contributed by atoms with Crippen molar-refractivity contribution in [2.45, 2.75) is 0 Å². The Bertz CT molecular complexity index is 1440. The van der Waals surface area contributed by atoms with E-state index in [1.54, 1.807) is 42.5 Å². The van der Waals surface area contributed by atoms with E-state index in [4.69, 9.17) is 21.4 Å². The molecular weight excluding hydrogens is 464 g/mol. The number of furan rings is 1. The Balaban J connectivity index is 1.45. The minimum Gasteiger partial charge on any atom is -0.545 e. The molecular formula is C23H12ClN4O4S-. The third-order valence-corrected chi connectivity index (χ3v) is 6.13. The van der Waals surface area contributed by atoms with Gasteiger partial charge in [0.1, 0.15) is 16.6 Å². The van der Waals surface area contributed by atoms with Crippen molar-refractivity contribution in [3.05, 3.63) is 88.1 Å². The van der Waals surface area contributed by atoms with Gasteiger partial charge in [0, 0.05) is 11.1 Å². The van der Waals surface area contributed by atoms with Crippen molar-refractivity contribution in [2.75, 3.05) is 0 Å². The summed E-state index contributed by atoms with van der Waals surface area (Å²) in [5.41, 5.74) is 1.25. The number of thioether (sulfide) groups is 1. The van der Waals surface area contributed by atoms with Crippen molar-refractivity contribution in [1.29, 1.82) is 5.41 Å². The van der Waals surface area contributed by atoms with Crippen LogP contribution >= 0.6 is 23.4 Å². The van der Waals surface area contributed by atoms with Crippen molar-refractivity contribution in [3.63, 3.8) is 0 Å². The Hall–Kier alpha value is -3.95. The van der Waals surface area contributed by atoms with Crippen molar-refractivity contribution < 1.29 is 19.1 Å². The van der Waals surface area contributed by atoms with Gasteiger partial charge in [-0.3, -0.25) is 10.2 Å². The molecule has 0 saturated carbocycles. The van der Waals surface area contributed by atoms with Gasteiger partial charge >= 0.3 is 0 Å². The maximum Gasteiger partial charge on any atom is 0.283 e. The topological polar surface area (TPSA) is 122 Å². The van der Waals surface area contributed by atoms with Gasteiger partial charge in [0.15, 0.2) is 5.84 Å². The number of hydrogen-bond acceptors (Lipinski definition) is 7. The van der Waals surface area contributed by atoms with E-state index in [-0.39, 0.29) is 22.1 Å². The number of carbonyl (C=O) groups excluding carboxylic acids is 2. The molecule has 1 aromatic heterocycles. The summed E-state index contributed by atoms with van der Waals surface area (Å²) in [4.78, 5) is 27.8. The molecule has 0 bridgehead atoms. The van der Waals surface area contributed by atoms with Gasteiger partial charge in [-0.15, -0.1) is 0 Å². The largest absolute Gasteiger partial charge is 0.545 e. The molecule has 2 aliphatic rings. The molecule has 3 heterocycles. The number of rotatable bonds is 4. The molecule has 10 heteroatoms. The lowest BCUT2D eigenvalue weighted by molar-refractivity contribution is -0.255. The number of hydrazone groups is 1. The number of aliphatic imine (C=N–C) groups is 1. The average Bonchev–Trinajstić information content (AvgIpc) is 3.44. The predicted molar refractivity (Wildman–Crippen MR) is 124 cm³/mol. The van der Waals surface area contributed by atoms with Gasteiger partial charge in [-0.25, -0.2) is 0 Å². The van der Waals surface area contributed by atoms with Crippen LogP contribution < -0.4 is 5.11 Å². The molecule has 0 atom stereocenters. The van der Waals surface area contributed by atoms with Crippen LogP contribution in [0.5, 0.6) is 0 Å². The van der Waals surface area contributed by atoms with Crippen LogP contribution in [0.4, 0.5) is 0 Å². The Labute approximate surface area is 196 Å². The van der Waals surface area contributed by atoms with E-state index in [0.29, 0.717) is 32.7 Å². The zero-order valence-corrected chi connectivity index (χ0v) is 18.2. The number of amidine groups is 2. The maximum absolute atomic E-state index is 12.6. The number of hydrogen-bond donors (Lipinski definition) is 1. The summed E-state index contributed by atoms with van der Waals surface area (Å²) in [5.74, 6) is -1.32. The zero-order chi connectivity index (χ0) is 23.1. The Morgan fingerprint density at radius 1 is 1.15 bits per heavy atom. The number of benzene rings is 2. The van der Waals surface area contributed by atoms with E-state index < -0.39 is 11.9 Å². The van der Waals surface area contributed by atoms with Crippen LogP contribution in [0.25, 0.3) is 17.4 Å². The van der Waals surface area contributed by atoms with E-state index in [1.807, 2.05) is 6.07 Å². The first kappa shape index (κ1) is 20.9. The normalized spacial score (nSPS) is 16.6. The fourth-order valence-corrected chi connectivity index (χ4v) is 4.47. The lowest BCUT2D eigenvalue weighted by atomic mass is 10.1. The highest BCUT2D eigenvalue weighted by Crippen LogP contribution is 2.33. The molecule has 2 aliphatic heterocycles. The fraction of sp³-hybridized carbons (Fsp3) is 0. The molecule has 5 rings (SSSR count). The van der Waals surface area contributed by atoms with Gasteiger partial charge in [0.05, 0.1) is 16.6 Å². The van der Waals surface area contributed by atoms with Gasteiger partial charge in [-0.2, -0.15) is 15.1 Å². The van der Waals surface area contributed by atoms with Crippen molar-refractivity contribution in [2.24, 2.45) is 10.1 Å². The summed E-state index contributed by atoms with van der Waals surface area (Å²) in [7, 11) is 0. The number of amides is 1. The van der Waals surface area contributed by atoms with E-state index >= 15 is 0 Å². The van der Waals surface area contributed by atoms with Crippen LogP contribution in [-0.2, 0) is 4.79 Å². The highest BCUT2D eigenvalue weighted by Gasteiger charge is 2.36. The smallest absolute Gasteiger partial charge is 0.283 e. The number of halogens is 1. The fourth-order valence-electron chi connectivity index (χ4n) is 3.26. The van der Waals surface area contributed by atoms with Gasteiger partial charge in [0.25, 0.3) is 5.91 Å². The monoisotopic (exact) mass is 475 g/mol. The second-order valence-electron chi connectivity index (χ2n) is 6.98. The van der Waals surface area contributed by atoms with Gasteiger partial charge in [-0.05, 0) is 47.7 Å². The number of carboxylic acids is 1. The number of carbonyl (C=O) groups is 2. The quantitative estimate of drug-likeness (QED) is 0.575. The summed E-state index contributed by atoms with van der Waals surface area (Å²) >= 11 is 7.41. The number of aromatic carboxylic acids is 1. The van der Waals surface area contributed by atoms with Gasteiger partial charge in [0.2, 0.25) is 5.17 Å². The number of carboxylic acid groups (broad SMARTS) is 1. The highest BCUT2D eigenvalue weighted by molar-refractivity contribution is 8.27. The standard InChI is InChI=1S/C23H13ClN4O4S/c24-17-7-2-1-6-15(17)21-27-28-19(25)16(20(29)26-23(28)33-21)11-14-8-9-18(32-14)12-4-3-5-13(10-12)22(30)31/h1-11,25H,(H,30,31)/p-1/b16-11+,25-19?. The van der Waals surface area contributed by atoms with E-state index in [1.165, 1.54) is 23.2 Å². The SMILES string of the molecule is N=C1/C(=C\c2ccc(-c3cccc(C(=O)[O-])c3)o2)C(=O)N=C2SC(c3ccccc3Cl)=NN12. The third-order valence-electron chi connectivity index (χ3n) is 4.85. The molecule has 2 aromatic carbocycles. The van der Waals surface area contributed by atoms with Crippen LogP contribution in [0, 0.1) is 5.41 Å².